The summed E-state index contributed by atoms with van der Waals surface area (Å²) in [5.74, 6) is 0.887. The van der Waals surface area contributed by atoms with Crippen LogP contribution in [0.1, 0.15) is 16.0 Å². The van der Waals surface area contributed by atoms with Crippen LogP contribution in [-0.4, -0.2) is 7.11 Å². The van der Waals surface area contributed by atoms with Crippen LogP contribution in [0.4, 0.5) is 0 Å². The van der Waals surface area contributed by atoms with Gasteiger partial charge in [-0.15, -0.1) is 0 Å². The molecule has 1 heterocycles. The van der Waals surface area contributed by atoms with Crippen LogP contribution in [0.5, 0.6) is 5.75 Å². The summed E-state index contributed by atoms with van der Waals surface area (Å²) >= 11 is 3.65. The van der Waals surface area contributed by atoms with Gasteiger partial charge in [-0.1, -0.05) is 28.1 Å². The monoisotopic (exact) mass is 280 g/mol. The maximum atomic E-state index is 5.12. The molecule has 0 aliphatic carbocycles. The van der Waals surface area contributed by atoms with Crippen molar-refractivity contribution >= 4 is 15.9 Å². The van der Waals surface area contributed by atoms with Gasteiger partial charge in [-0.3, -0.25) is 0 Å². The largest absolute Gasteiger partial charge is 0.497 e. The van der Waals surface area contributed by atoms with E-state index in [1.807, 2.05) is 18.2 Å². The van der Waals surface area contributed by atoms with Crippen molar-refractivity contribution < 1.29 is 9.15 Å². The molecular formula is C13H13BrO2. The molecule has 2 aromatic rings. The third-order valence-corrected chi connectivity index (χ3v) is 3.33. The highest BCUT2D eigenvalue weighted by Crippen LogP contribution is 2.27. The highest BCUT2D eigenvalue weighted by atomic mass is 79.9. The standard InChI is InChI=1S/C13H13BrO2/c1-15-12-4-2-10(3-5-12)8-13(14)11-6-7-16-9-11/h2-7,9,13H,8H2,1H3. The Balaban J connectivity index is 2.03. The second-order valence-corrected chi connectivity index (χ2v) is 4.68. The molecule has 0 radical (unpaired) electrons. The maximum absolute atomic E-state index is 5.12. The van der Waals surface area contributed by atoms with E-state index in [1.165, 1.54) is 5.56 Å². The van der Waals surface area contributed by atoms with Crippen LogP contribution in [0, 0.1) is 0 Å². The molecule has 0 saturated heterocycles. The number of furan rings is 1. The van der Waals surface area contributed by atoms with E-state index in [2.05, 4.69) is 28.1 Å². The molecule has 0 aliphatic heterocycles. The average molecular weight is 281 g/mol. The minimum absolute atomic E-state index is 0.291. The molecule has 0 N–H and O–H groups in total. The first-order valence-electron chi connectivity index (χ1n) is 5.08. The molecule has 0 amide bonds. The van der Waals surface area contributed by atoms with Crippen molar-refractivity contribution in [3.63, 3.8) is 0 Å². The molecule has 1 aromatic carbocycles. The van der Waals surface area contributed by atoms with Crippen LogP contribution < -0.4 is 4.74 Å². The number of benzene rings is 1. The third kappa shape index (κ3) is 2.67. The van der Waals surface area contributed by atoms with Crippen LogP contribution in [0.25, 0.3) is 0 Å². The molecule has 0 fully saturated rings. The summed E-state index contributed by atoms with van der Waals surface area (Å²) in [5, 5.41) is 0. The fraction of sp³-hybridized carbons (Fsp3) is 0.231. The fourth-order valence-corrected chi connectivity index (χ4v) is 2.17. The Bertz CT molecular complexity index is 420. The van der Waals surface area contributed by atoms with Crippen molar-refractivity contribution in [1.29, 1.82) is 0 Å². The molecule has 1 aromatic heterocycles. The molecule has 0 bridgehead atoms. The minimum atomic E-state index is 0.291. The Kier molecular flexibility index (Phi) is 3.67. The summed E-state index contributed by atoms with van der Waals surface area (Å²) in [7, 11) is 1.67. The summed E-state index contributed by atoms with van der Waals surface area (Å²) in [6.07, 6.45) is 4.39. The molecule has 0 aliphatic rings. The molecule has 0 saturated carbocycles. The van der Waals surface area contributed by atoms with E-state index in [0.717, 1.165) is 17.7 Å². The predicted octanol–water partition coefficient (Wildman–Crippen LogP) is 3.97. The lowest BCUT2D eigenvalue weighted by atomic mass is 10.1. The molecule has 2 rings (SSSR count). The van der Waals surface area contributed by atoms with Gasteiger partial charge >= 0.3 is 0 Å². The van der Waals surface area contributed by atoms with Crippen molar-refractivity contribution in [3.05, 3.63) is 54.0 Å². The number of hydrogen-bond acceptors (Lipinski definition) is 2. The average Bonchev–Trinajstić information content (AvgIpc) is 2.83. The number of methoxy groups -OCH3 is 1. The quantitative estimate of drug-likeness (QED) is 0.791. The number of ether oxygens (including phenoxy) is 1. The molecule has 3 heteroatoms. The first-order chi connectivity index (χ1) is 7.79. The lowest BCUT2D eigenvalue weighted by Gasteiger charge is -2.08. The van der Waals surface area contributed by atoms with Gasteiger partial charge in [0.15, 0.2) is 0 Å². The van der Waals surface area contributed by atoms with Gasteiger partial charge in [0.2, 0.25) is 0 Å². The summed E-state index contributed by atoms with van der Waals surface area (Å²) < 4.78 is 10.2. The van der Waals surface area contributed by atoms with E-state index in [0.29, 0.717) is 4.83 Å². The van der Waals surface area contributed by atoms with Crippen LogP contribution in [0.2, 0.25) is 0 Å². The van der Waals surface area contributed by atoms with Gasteiger partial charge in [0.1, 0.15) is 5.75 Å². The second kappa shape index (κ2) is 5.21. The van der Waals surface area contributed by atoms with Crippen LogP contribution in [0.15, 0.2) is 47.3 Å². The molecule has 1 unspecified atom stereocenters. The lowest BCUT2D eigenvalue weighted by molar-refractivity contribution is 0.414. The number of alkyl halides is 1. The van der Waals surface area contributed by atoms with Crippen molar-refractivity contribution in [2.45, 2.75) is 11.2 Å². The SMILES string of the molecule is COc1ccc(CC(Br)c2ccoc2)cc1. The van der Waals surface area contributed by atoms with Gasteiger partial charge in [-0.25, -0.2) is 0 Å². The first kappa shape index (κ1) is 11.3. The van der Waals surface area contributed by atoms with Gasteiger partial charge in [0.05, 0.1) is 19.6 Å². The summed E-state index contributed by atoms with van der Waals surface area (Å²) in [6, 6.07) is 10.1. The zero-order valence-electron chi connectivity index (χ0n) is 9.02. The first-order valence-corrected chi connectivity index (χ1v) is 6.00. The van der Waals surface area contributed by atoms with E-state index in [4.69, 9.17) is 9.15 Å². The number of hydrogen-bond donors (Lipinski definition) is 0. The van der Waals surface area contributed by atoms with Crippen molar-refractivity contribution in [1.82, 2.24) is 0 Å². The van der Waals surface area contributed by atoms with Gasteiger partial charge < -0.3 is 9.15 Å². The van der Waals surface area contributed by atoms with Gasteiger partial charge in [-0.05, 0) is 30.2 Å². The van der Waals surface area contributed by atoms with E-state index < -0.39 is 0 Å². The molecule has 1 atom stereocenters. The normalized spacial score (nSPS) is 12.4. The van der Waals surface area contributed by atoms with Crippen molar-refractivity contribution in [2.75, 3.05) is 7.11 Å². The zero-order valence-corrected chi connectivity index (χ0v) is 10.6. The third-order valence-electron chi connectivity index (χ3n) is 2.48. The Hall–Kier alpha value is -1.22. The highest BCUT2D eigenvalue weighted by Gasteiger charge is 2.09. The summed E-state index contributed by atoms with van der Waals surface area (Å²) in [4.78, 5) is 0.291. The molecule has 84 valence electrons. The van der Waals surface area contributed by atoms with Crippen molar-refractivity contribution in [2.24, 2.45) is 0 Å². The summed E-state index contributed by atoms with van der Waals surface area (Å²) in [5.41, 5.74) is 2.43. The Morgan fingerprint density at radius 1 is 1.25 bits per heavy atom. The van der Waals surface area contributed by atoms with Gasteiger partial charge in [0, 0.05) is 10.4 Å². The van der Waals surface area contributed by atoms with E-state index in [9.17, 15) is 0 Å². The number of rotatable bonds is 4. The molecule has 16 heavy (non-hydrogen) atoms. The van der Waals surface area contributed by atoms with Gasteiger partial charge in [-0.2, -0.15) is 0 Å². The molecule has 2 nitrogen and oxygen atoms in total. The highest BCUT2D eigenvalue weighted by molar-refractivity contribution is 9.09. The van der Waals surface area contributed by atoms with Gasteiger partial charge in [0.25, 0.3) is 0 Å². The van der Waals surface area contributed by atoms with E-state index >= 15 is 0 Å². The fourth-order valence-electron chi connectivity index (χ4n) is 1.54. The zero-order chi connectivity index (χ0) is 11.4. The van der Waals surface area contributed by atoms with E-state index in [1.54, 1.807) is 19.6 Å². The second-order valence-electron chi connectivity index (χ2n) is 3.58. The summed E-state index contributed by atoms with van der Waals surface area (Å²) in [6.45, 7) is 0. The minimum Gasteiger partial charge on any atom is -0.497 e. The Morgan fingerprint density at radius 3 is 2.56 bits per heavy atom. The Labute approximate surface area is 103 Å². The molecular weight excluding hydrogens is 268 g/mol. The topological polar surface area (TPSA) is 22.4 Å². The predicted molar refractivity (Wildman–Crippen MR) is 67.1 cm³/mol. The Morgan fingerprint density at radius 2 is 2.00 bits per heavy atom. The van der Waals surface area contributed by atoms with Crippen LogP contribution >= 0.6 is 15.9 Å². The number of halogens is 1. The lowest BCUT2D eigenvalue weighted by Crippen LogP contribution is -1.93. The van der Waals surface area contributed by atoms with Crippen molar-refractivity contribution in [3.8, 4) is 5.75 Å². The maximum Gasteiger partial charge on any atom is 0.118 e. The van der Waals surface area contributed by atoms with E-state index in [-0.39, 0.29) is 0 Å². The van der Waals surface area contributed by atoms with Crippen LogP contribution in [0.3, 0.4) is 0 Å². The van der Waals surface area contributed by atoms with Crippen LogP contribution in [-0.2, 0) is 6.42 Å². The smallest absolute Gasteiger partial charge is 0.118 e. The molecule has 0 spiro atoms.